The van der Waals surface area contributed by atoms with E-state index in [2.05, 4.69) is 43.3 Å². The van der Waals surface area contributed by atoms with Crippen LogP contribution in [-0.2, 0) is 12.8 Å². The topological polar surface area (TPSA) is 20.3 Å². The van der Waals surface area contributed by atoms with Crippen molar-refractivity contribution < 1.29 is 4.79 Å². The fourth-order valence-corrected chi connectivity index (χ4v) is 4.50. The Hall–Kier alpha value is -1.93. The molecule has 0 N–H and O–H groups in total. The number of fused-ring (bicyclic) bond motifs is 1. The van der Waals surface area contributed by atoms with Gasteiger partial charge in [-0.2, -0.15) is 0 Å². The third-order valence-electron chi connectivity index (χ3n) is 5.47. The Kier molecular flexibility index (Phi) is 3.57. The zero-order valence-corrected chi connectivity index (χ0v) is 13.9. The molecule has 0 amide bonds. The highest BCUT2D eigenvalue weighted by Crippen LogP contribution is 2.43. The van der Waals surface area contributed by atoms with E-state index in [-0.39, 0.29) is 5.78 Å². The molecule has 0 heterocycles. The standard InChI is InChI=1S/C21H23NO/c1-22(2)13-16-11-10-14-7-5-9-18-20(14)19(16)12-15-6-3-4-8-17(15)21(18)23/h3-9,16,19H,10-13H2,1-2H3. The molecular formula is C21H23NO. The van der Waals surface area contributed by atoms with Gasteiger partial charge in [-0.05, 0) is 61.9 Å². The Morgan fingerprint density at radius 2 is 1.74 bits per heavy atom. The van der Waals surface area contributed by atoms with E-state index in [1.807, 2.05) is 18.2 Å². The van der Waals surface area contributed by atoms with Crippen LogP contribution < -0.4 is 0 Å². The minimum atomic E-state index is 0.213. The highest BCUT2D eigenvalue weighted by atomic mass is 16.1. The van der Waals surface area contributed by atoms with Crippen LogP contribution in [0.3, 0.4) is 0 Å². The summed E-state index contributed by atoms with van der Waals surface area (Å²) in [6, 6.07) is 14.5. The van der Waals surface area contributed by atoms with Crippen molar-refractivity contribution in [2.24, 2.45) is 5.92 Å². The summed E-state index contributed by atoms with van der Waals surface area (Å²) in [5.41, 5.74) is 5.80. The van der Waals surface area contributed by atoms with Crippen molar-refractivity contribution in [1.82, 2.24) is 4.90 Å². The van der Waals surface area contributed by atoms with Crippen molar-refractivity contribution >= 4 is 5.78 Å². The van der Waals surface area contributed by atoms with E-state index in [0.717, 1.165) is 30.5 Å². The van der Waals surface area contributed by atoms with Crippen LogP contribution in [0.4, 0.5) is 0 Å². The molecule has 118 valence electrons. The van der Waals surface area contributed by atoms with Gasteiger partial charge in [-0.3, -0.25) is 4.79 Å². The number of hydrogen-bond acceptors (Lipinski definition) is 2. The maximum atomic E-state index is 13.1. The predicted molar refractivity (Wildman–Crippen MR) is 93.1 cm³/mol. The number of aryl methyl sites for hydroxylation is 1. The average molecular weight is 305 g/mol. The molecule has 2 aromatic carbocycles. The maximum Gasteiger partial charge on any atom is 0.193 e. The molecule has 2 heteroatoms. The molecule has 2 nitrogen and oxygen atoms in total. The molecule has 2 aliphatic rings. The Bertz CT molecular complexity index is 762. The average Bonchev–Trinajstić information content (AvgIpc) is 2.67. The molecule has 0 aromatic heterocycles. The van der Waals surface area contributed by atoms with Gasteiger partial charge in [-0.25, -0.2) is 0 Å². The molecule has 2 unspecified atom stereocenters. The molecule has 4 rings (SSSR count). The number of rotatable bonds is 2. The van der Waals surface area contributed by atoms with Crippen LogP contribution in [0.5, 0.6) is 0 Å². The Balaban J connectivity index is 1.90. The summed E-state index contributed by atoms with van der Waals surface area (Å²) in [5.74, 6) is 1.30. The van der Waals surface area contributed by atoms with Gasteiger partial charge in [0, 0.05) is 17.7 Å². The van der Waals surface area contributed by atoms with Crippen LogP contribution in [0.1, 0.15) is 45.0 Å². The van der Waals surface area contributed by atoms with Gasteiger partial charge >= 0.3 is 0 Å². The number of carbonyl (C=O) groups is 1. The second-order valence-electron chi connectivity index (χ2n) is 7.24. The van der Waals surface area contributed by atoms with Gasteiger partial charge in [0.2, 0.25) is 0 Å². The minimum Gasteiger partial charge on any atom is -0.309 e. The van der Waals surface area contributed by atoms with Crippen molar-refractivity contribution in [3.05, 3.63) is 70.3 Å². The lowest BCUT2D eigenvalue weighted by Gasteiger charge is -2.35. The summed E-state index contributed by atoms with van der Waals surface area (Å²) >= 11 is 0. The van der Waals surface area contributed by atoms with Gasteiger partial charge < -0.3 is 4.90 Å². The Morgan fingerprint density at radius 1 is 1.00 bits per heavy atom. The van der Waals surface area contributed by atoms with E-state index in [0.29, 0.717) is 11.8 Å². The molecule has 0 fully saturated rings. The van der Waals surface area contributed by atoms with Crippen LogP contribution >= 0.6 is 0 Å². The monoisotopic (exact) mass is 305 g/mol. The number of ketones is 1. The van der Waals surface area contributed by atoms with E-state index < -0.39 is 0 Å². The normalized spacial score (nSPS) is 22.5. The first kappa shape index (κ1) is 14.6. The van der Waals surface area contributed by atoms with Gasteiger partial charge in [-0.15, -0.1) is 0 Å². The van der Waals surface area contributed by atoms with Gasteiger partial charge in [0.1, 0.15) is 0 Å². The molecule has 2 aromatic rings. The summed E-state index contributed by atoms with van der Waals surface area (Å²) in [4.78, 5) is 15.4. The van der Waals surface area contributed by atoms with Gasteiger partial charge in [0.25, 0.3) is 0 Å². The molecule has 2 aliphatic carbocycles. The highest BCUT2D eigenvalue weighted by Gasteiger charge is 2.36. The van der Waals surface area contributed by atoms with Crippen LogP contribution in [0.25, 0.3) is 0 Å². The molecule has 0 spiro atoms. The van der Waals surface area contributed by atoms with E-state index >= 15 is 0 Å². The van der Waals surface area contributed by atoms with Crippen molar-refractivity contribution in [3.8, 4) is 0 Å². The van der Waals surface area contributed by atoms with Crippen LogP contribution in [0, 0.1) is 5.92 Å². The molecule has 0 saturated heterocycles. The van der Waals surface area contributed by atoms with E-state index in [1.54, 1.807) is 0 Å². The van der Waals surface area contributed by atoms with Crippen molar-refractivity contribution in [2.75, 3.05) is 20.6 Å². The zero-order valence-electron chi connectivity index (χ0n) is 13.9. The zero-order chi connectivity index (χ0) is 16.0. The largest absolute Gasteiger partial charge is 0.309 e. The maximum absolute atomic E-state index is 13.1. The summed E-state index contributed by atoms with van der Waals surface area (Å²) in [6.45, 7) is 1.09. The number of benzene rings is 2. The summed E-state index contributed by atoms with van der Waals surface area (Å²) < 4.78 is 0. The van der Waals surface area contributed by atoms with Crippen molar-refractivity contribution in [2.45, 2.75) is 25.2 Å². The first-order chi connectivity index (χ1) is 11.1. The number of hydrogen-bond donors (Lipinski definition) is 0. The summed E-state index contributed by atoms with van der Waals surface area (Å²) in [5, 5.41) is 0. The first-order valence-corrected chi connectivity index (χ1v) is 8.54. The minimum absolute atomic E-state index is 0.213. The SMILES string of the molecule is CN(C)CC1CCc2cccc3c2C1Cc1ccccc1C3=O. The lowest BCUT2D eigenvalue weighted by atomic mass is 9.71. The third-order valence-corrected chi connectivity index (χ3v) is 5.47. The van der Waals surface area contributed by atoms with Crippen molar-refractivity contribution in [1.29, 1.82) is 0 Å². The molecule has 0 saturated carbocycles. The lowest BCUT2D eigenvalue weighted by molar-refractivity contribution is 0.103. The second-order valence-corrected chi connectivity index (χ2v) is 7.24. The molecule has 23 heavy (non-hydrogen) atoms. The van der Waals surface area contributed by atoms with Gasteiger partial charge in [0.15, 0.2) is 5.78 Å². The van der Waals surface area contributed by atoms with Crippen LogP contribution in [-0.4, -0.2) is 31.3 Å². The van der Waals surface area contributed by atoms with Crippen molar-refractivity contribution in [3.63, 3.8) is 0 Å². The first-order valence-electron chi connectivity index (χ1n) is 8.54. The lowest BCUT2D eigenvalue weighted by Crippen LogP contribution is -2.31. The third kappa shape index (κ3) is 2.42. The van der Waals surface area contributed by atoms with E-state index in [1.165, 1.54) is 23.1 Å². The molecular weight excluding hydrogens is 282 g/mol. The molecule has 0 radical (unpaired) electrons. The van der Waals surface area contributed by atoms with E-state index in [9.17, 15) is 4.79 Å². The summed E-state index contributed by atoms with van der Waals surface area (Å²) in [7, 11) is 4.30. The molecule has 0 bridgehead atoms. The van der Waals surface area contributed by atoms with Gasteiger partial charge in [-0.1, -0.05) is 42.5 Å². The Labute approximate surface area is 138 Å². The quantitative estimate of drug-likeness (QED) is 0.843. The fourth-order valence-electron chi connectivity index (χ4n) is 4.50. The van der Waals surface area contributed by atoms with Gasteiger partial charge in [0.05, 0.1) is 0 Å². The summed E-state index contributed by atoms with van der Waals surface area (Å²) in [6.07, 6.45) is 3.31. The van der Waals surface area contributed by atoms with E-state index in [4.69, 9.17) is 0 Å². The predicted octanol–water partition coefficient (Wildman–Crippen LogP) is 3.68. The number of carbonyl (C=O) groups excluding carboxylic acids is 1. The Morgan fingerprint density at radius 3 is 2.57 bits per heavy atom. The van der Waals surface area contributed by atoms with Crippen LogP contribution in [0.2, 0.25) is 0 Å². The van der Waals surface area contributed by atoms with Crippen LogP contribution in [0.15, 0.2) is 42.5 Å². The molecule has 2 atom stereocenters. The second kappa shape index (κ2) is 5.61. The molecule has 0 aliphatic heterocycles. The fraction of sp³-hybridized carbons (Fsp3) is 0.381. The number of nitrogens with zero attached hydrogens (tertiary/aromatic N) is 1. The smallest absolute Gasteiger partial charge is 0.193 e. The highest BCUT2D eigenvalue weighted by molar-refractivity contribution is 6.11.